The molecule has 4 aromatic heterocycles. The first kappa shape index (κ1) is 23.9. The summed E-state index contributed by atoms with van der Waals surface area (Å²) in [7, 11) is -3.49. The van der Waals surface area contributed by atoms with Gasteiger partial charge < -0.3 is 10.3 Å². The van der Waals surface area contributed by atoms with Crippen molar-refractivity contribution in [2.75, 3.05) is 6.26 Å². The molecule has 8 nitrogen and oxygen atoms in total. The summed E-state index contributed by atoms with van der Waals surface area (Å²) in [6.07, 6.45) is 6.46. The lowest BCUT2D eigenvalue weighted by Gasteiger charge is -2.10. The Bertz CT molecular complexity index is 1750. The predicted octanol–water partition coefficient (Wildman–Crippen LogP) is 4.39. The average Bonchev–Trinajstić information content (AvgIpc) is 3.22. The Morgan fingerprint density at radius 1 is 1.08 bits per heavy atom. The number of hydrogen-bond donors (Lipinski definition) is 2. The van der Waals surface area contributed by atoms with Gasteiger partial charge in [0.05, 0.1) is 15.4 Å². The summed E-state index contributed by atoms with van der Waals surface area (Å²) in [4.78, 5) is 29.1. The van der Waals surface area contributed by atoms with Crippen molar-refractivity contribution in [1.82, 2.24) is 25.3 Å². The van der Waals surface area contributed by atoms with Crippen LogP contribution in [0.4, 0.5) is 0 Å². The number of nitrogens with zero attached hydrogens (tertiary/aromatic N) is 3. The number of hydrogen-bond acceptors (Lipinski definition) is 6. The largest absolute Gasteiger partial charge is 0.348 e. The van der Waals surface area contributed by atoms with Crippen molar-refractivity contribution in [2.24, 2.45) is 0 Å². The van der Waals surface area contributed by atoms with Crippen molar-refractivity contribution in [3.05, 3.63) is 94.2 Å². The normalized spacial score (nSPS) is 11.8. The number of rotatable bonds is 6. The van der Waals surface area contributed by atoms with E-state index in [9.17, 15) is 13.2 Å². The molecule has 2 N–H and O–H groups in total. The maximum atomic E-state index is 12.8. The third-order valence-electron chi connectivity index (χ3n) is 5.81. The number of halogens is 1. The van der Waals surface area contributed by atoms with Crippen molar-refractivity contribution in [2.45, 2.75) is 24.8 Å². The molecule has 0 aliphatic heterocycles. The van der Waals surface area contributed by atoms with E-state index < -0.39 is 9.84 Å². The molecule has 0 aliphatic carbocycles. The SMILES string of the molecule is Cc1ccc2cc(Cc3cc(C(=O)NCc4cnc5[nH]cc(Cl)c5c4)ccn3)cc(S(C)(=O)=O)c2n1. The van der Waals surface area contributed by atoms with Crippen LogP contribution in [-0.2, 0) is 22.8 Å². The van der Waals surface area contributed by atoms with Gasteiger partial charge >= 0.3 is 0 Å². The number of sulfone groups is 1. The summed E-state index contributed by atoms with van der Waals surface area (Å²) < 4.78 is 24.9. The van der Waals surface area contributed by atoms with Gasteiger partial charge in [0, 0.05) is 65.5 Å². The fourth-order valence-corrected chi connectivity index (χ4v) is 5.14. The molecule has 1 aromatic carbocycles. The molecule has 0 unspecified atom stereocenters. The van der Waals surface area contributed by atoms with Crippen LogP contribution < -0.4 is 5.32 Å². The van der Waals surface area contributed by atoms with Crippen LogP contribution in [0.5, 0.6) is 0 Å². The van der Waals surface area contributed by atoms with Crippen molar-refractivity contribution in [3.8, 4) is 0 Å². The molecular weight excluding hydrogens is 498 g/mol. The van der Waals surface area contributed by atoms with Crippen molar-refractivity contribution in [1.29, 1.82) is 0 Å². The highest BCUT2D eigenvalue weighted by Gasteiger charge is 2.16. The van der Waals surface area contributed by atoms with Gasteiger partial charge in [0.2, 0.25) is 0 Å². The molecule has 1 amide bonds. The van der Waals surface area contributed by atoms with Crippen molar-refractivity contribution in [3.63, 3.8) is 0 Å². The third-order valence-corrected chi connectivity index (χ3v) is 7.23. The molecule has 0 saturated carbocycles. The Hall–Kier alpha value is -3.82. The quantitative estimate of drug-likeness (QED) is 0.343. The topological polar surface area (TPSA) is 118 Å². The monoisotopic (exact) mass is 519 g/mol. The summed E-state index contributed by atoms with van der Waals surface area (Å²) >= 11 is 6.16. The van der Waals surface area contributed by atoms with Gasteiger partial charge in [-0.2, -0.15) is 0 Å². The molecule has 0 bridgehead atoms. The predicted molar refractivity (Wildman–Crippen MR) is 139 cm³/mol. The summed E-state index contributed by atoms with van der Waals surface area (Å²) in [5.41, 5.74) is 4.57. The molecule has 0 radical (unpaired) electrons. The van der Waals surface area contributed by atoms with Crippen LogP contribution in [-0.4, -0.2) is 40.5 Å². The molecule has 0 aliphatic rings. The molecule has 4 heterocycles. The molecular formula is C26H22ClN5O3S. The van der Waals surface area contributed by atoms with E-state index in [1.807, 2.05) is 31.2 Å². The minimum absolute atomic E-state index is 0.181. The first-order valence-corrected chi connectivity index (χ1v) is 13.4. The second-order valence-corrected chi connectivity index (χ2v) is 11.1. The Balaban J connectivity index is 1.36. The van der Waals surface area contributed by atoms with E-state index in [0.717, 1.165) is 27.6 Å². The second-order valence-electron chi connectivity index (χ2n) is 8.66. The molecule has 182 valence electrons. The maximum absolute atomic E-state index is 12.8. The van der Waals surface area contributed by atoms with Gasteiger partial charge in [0.25, 0.3) is 5.91 Å². The maximum Gasteiger partial charge on any atom is 0.251 e. The van der Waals surface area contributed by atoms with E-state index in [2.05, 4.69) is 25.3 Å². The smallest absolute Gasteiger partial charge is 0.251 e. The molecule has 0 atom stereocenters. The fourth-order valence-electron chi connectivity index (χ4n) is 4.07. The molecule has 10 heteroatoms. The number of amides is 1. The van der Waals surface area contributed by atoms with E-state index in [0.29, 0.717) is 33.9 Å². The van der Waals surface area contributed by atoms with Crippen molar-refractivity contribution >= 4 is 49.3 Å². The summed E-state index contributed by atoms with van der Waals surface area (Å²) in [6, 6.07) is 12.5. The number of carbonyl (C=O) groups excluding carboxylic acids is 1. The molecule has 5 aromatic rings. The number of aromatic amines is 1. The minimum Gasteiger partial charge on any atom is -0.348 e. The third kappa shape index (κ3) is 4.93. The van der Waals surface area contributed by atoms with Gasteiger partial charge in [-0.15, -0.1) is 0 Å². The van der Waals surface area contributed by atoms with Gasteiger partial charge in [-0.05, 0) is 54.4 Å². The number of carbonyl (C=O) groups is 1. The summed E-state index contributed by atoms with van der Waals surface area (Å²) in [6.45, 7) is 2.11. The number of benzene rings is 1. The van der Waals surface area contributed by atoms with Gasteiger partial charge in [-0.3, -0.25) is 14.8 Å². The molecule has 0 fully saturated rings. The lowest BCUT2D eigenvalue weighted by molar-refractivity contribution is 0.0950. The number of aromatic nitrogens is 4. The molecule has 0 spiro atoms. The van der Waals surface area contributed by atoms with E-state index in [-0.39, 0.29) is 17.3 Å². The Morgan fingerprint density at radius 3 is 2.72 bits per heavy atom. The second kappa shape index (κ2) is 9.33. The summed E-state index contributed by atoms with van der Waals surface area (Å²) in [5, 5.41) is 5.00. The highest BCUT2D eigenvalue weighted by atomic mass is 35.5. The number of fused-ring (bicyclic) bond motifs is 2. The molecule has 5 rings (SSSR count). The molecule has 36 heavy (non-hydrogen) atoms. The number of H-pyrrole nitrogens is 1. The van der Waals surface area contributed by atoms with Gasteiger partial charge in [0.15, 0.2) is 9.84 Å². The van der Waals surface area contributed by atoms with E-state index in [1.54, 1.807) is 36.8 Å². The highest BCUT2D eigenvalue weighted by molar-refractivity contribution is 7.91. The fraction of sp³-hybridized carbons (Fsp3) is 0.154. The first-order valence-electron chi connectivity index (χ1n) is 11.1. The van der Waals surface area contributed by atoms with Crippen LogP contribution in [0.15, 0.2) is 66.0 Å². The van der Waals surface area contributed by atoms with E-state index in [1.165, 1.54) is 6.26 Å². The Labute approximate surface area is 212 Å². The van der Waals surface area contributed by atoms with Crippen LogP contribution in [0.1, 0.15) is 32.9 Å². The highest BCUT2D eigenvalue weighted by Crippen LogP contribution is 2.26. The van der Waals surface area contributed by atoms with Gasteiger partial charge in [-0.1, -0.05) is 17.7 Å². The molecule has 0 saturated heterocycles. The van der Waals surface area contributed by atoms with Crippen LogP contribution >= 0.6 is 11.6 Å². The Morgan fingerprint density at radius 2 is 1.92 bits per heavy atom. The lowest BCUT2D eigenvalue weighted by atomic mass is 10.0. The first-order chi connectivity index (χ1) is 17.2. The number of pyridine rings is 3. The zero-order valence-electron chi connectivity index (χ0n) is 19.5. The standard InChI is InChI=1S/C26H22ClN5O3S/c1-15-3-4-18-7-16(10-23(24(18)32-15)36(2,34)35)8-20-11-19(5-6-28-20)26(33)31-13-17-9-21-22(27)14-30-25(21)29-12-17/h3-7,9-12,14H,8,13H2,1-2H3,(H,29,30)(H,31,33). The zero-order valence-corrected chi connectivity index (χ0v) is 21.1. The summed E-state index contributed by atoms with van der Waals surface area (Å²) in [5.74, 6) is -0.256. The minimum atomic E-state index is -3.49. The van der Waals surface area contributed by atoms with E-state index >= 15 is 0 Å². The van der Waals surface area contributed by atoms with Crippen LogP contribution in [0.25, 0.3) is 21.9 Å². The Kier molecular flexibility index (Phi) is 6.19. The zero-order chi connectivity index (χ0) is 25.4. The van der Waals surface area contributed by atoms with Crippen LogP contribution in [0.3, 0.4) is 0 Å². The number of nitrogens with one attached hydrogen (secondary N) is 2. The average molecular weight is 520 g/mol. The van der Waals surface area contributed by atoms with Crippen molar-refractivity contribution < 1.29 is 13.2 Å². The van der Waals surface area contributed by atoms with E-state index in [4.69, 9.17) is 11.6 Å². The van der Waals surface area contributed by atoms with Crippen LogP contribution in [0, 0.1) is 6.92 Å². The van der Waals surface area contributed by atoms with Gasteiger partial charge in [-0.25, -0.2) is 13.4 Å². The number of aryl methyl sites for hydroxylation is 1. The lowest BCUT2D eigenvalue weighted by Crippen LogP contribution is -2.23. The van der Waals surface area contributed by atoms with Gasteiger partial charge in [0.1, 0.15) is 5.65 Å². The van der Waals surface area contributed by atoms with Crippen LogP contribution in [0.2, 0.25) is 5.02 Å².